The lowest BCUT2D eigenvalue weighted by molar-refractivity contribution is 0.419. The van der Waals surface area contributed by atoms with E-state index in [4.69, 9.17) is 0 Å². The molecule has 1 N–H and O–H groups in total. The zero-order valence-corrected chi connectivity index (χ0v) is 13.3. The van der Waals surface area contributed by atoms with E-state index in [0.29, 0.717) is 6.04 Å². The Labute approximate surface area is 122 Å². The van der Waals surface area contributed by atoms with Crippen molar-refractivity contribution in [2.75, 3.05) is 6.54 Å². The number of hydrogen-bond acceptors (Lipinski definition) is 2. The first-order valence-electron chi connectivity index (χ1n) is 7.68. The molecule has 1 nitrogen and oxygen atoms in total. The van der Waals surface area contributed by atoms with Crippen molar-refractivity contribution in [3.63, 3.8) is 0 Å². The van der Waals surface area contributed by atoms with Crippen molar-refractivity contribution in [1.29, 1.82) is 0 Å². The highest BCUT2D eigenvalue weighted by molar-refractivity contribution is 8.00. The Hall–Kier alpha value is -0.470. The second-order valence-electron chi connectivity index (χ2n) is 6.00. The molecular formula is C17H27NS. The van der Waals surface area contributed by atoms with Gasteiger partial charge in [0.1, 0.15) is 0 Å². The predicted molar refractivity (Wildman–Crippen MR) is 85.9 cm³/mol. The van der Waals surface area contributed by atoms with Crippen LogP contribution < -0.4 is 5.32 Å². The maximum atomic E-state index is 3.78. The third kappa shape index (κ3) is 4.25. The Kier molecular flexibility index (Phi) is 5.77. The molecule has 1 aliphatic rings. The molecule has 0 saturated carbocycles. The van der Waals surface area contributed by atoms with Crippen LogP contribution in [0.25, 0.3) is 0 Å². The number of fused-ring (bicyclic) bond motifs is 1. The number of benzene rings is 1. The van der Waals surface area contributed by atoms with E-state index in [2.05, 4.69) is 62.1 Å². The second kappa shape index (κ2) is 7.35. The maximum Gasteiger partial charge on any atom is 0.0289 e. The third-order valence-corrected chi connectivity index (χ3v) is 5.28. The highest BCUT2D eigenvalue weighted by Crippen LogP contribution is 2.39. The largest absolute Gasteiger partial charge is 0.313 e. The quantitative estimate of drug-likeness (QED) is 0.787. The molecule has 106 valence electrons. The molecule has 1 aromatic carbocycles. The van der Waals surface area contributed by atoms with Gasteiger partial charge in [-0.3, -0.25) is 0 Å². The van der Waals surface area contributed by atoms with Crippen LogP contribution in [0.5, 0.6) is 0 Å². The number of hydrogen-bond donors (Lipinski definition) is 1. The summed E-state index contributed by atoms with van der Waals surface area (Å²) in [6, 6.07) is 9.57. The van der Waals surface area contributed by atoms with Gasteiger partial charge in [0.15, 0.2) is 0 Å². The average molecular weight is 277 g/mol. The summed E-state index contributed by atoms with van der Waals surface area (Å²) in [7, 11) is 0. The van der Waals surface area contributed by atoms with E-state index < -0.39 is 0 Å². The fourth-order valence-electron chi connectivity index (χ4n) is 2.70. The van der Waals surface area contributed by atoms with Crippen molar-refractivity contribution in [1.82, 2.24) is 5.32 Å². The Morgan fingerprint density at radius 3 is 2.74 bits per heavy atom. The van der Waals surface area contributed by atoms with Crippen LogP contribution in [-0.2, 0) is 6.42 Å². The number of nitrogens with one attached hydrogen (secondary N) is 1. The monoisotopic (exact) mass is 277 g/mol. The van der Waals surface area contributed by atoms with Crippen molar-refractivity contribution in [2.45, 2.75) is 62.6 Å². The SMILES string of the molecule is CCCNC(CCC(C)C)C1Cc2ccccc2S1. The summed E-state index contributed by atoms with van der Waals surface area (Å²) in [4.78, 5) is 1.50. The van der Waals surface area contributed by atoms with Crippen LogP contribution in [-0.4, -0.2) is 17.8 Å². The Morgan fingerprint density at radius 2 is 2.05 bits per heavy atom. The van der Waals surface area contributed by atoms with Crippen molar-refractivity contribution in [3.8, 4) is 0 Å². The van der Waals surface area contributed by atoms with E-state index in [-0.39, 0.29) is 0 Å². The number of rotatable bonds is 7. The standard InChI is InChI=1S/C17H27NS/c1-4-11-18-15(10-9-13(2)3)17-12-14-7-5-6-8-16(14)19-17/h5-8,13,15,17-18H,4,9-12H2,1-3H3. The molecule has 0 aromatic heterocycles. The zero-order chi connectivity index (χ0) is 13.7. The fraction of sp³-hybridized carbons (Fsp3) is 0.647. The topological polar surface area (TPSA) is 12.0 Å². The smallest absolute Gasteiger partial charge is 0.0289 e. The lowest BCUT2D eigenvalue weighted by atomic mass is 9.97. The zero-order valence-electron chi connectivity index (χ0n) is 12.5. The van der Waals surface area contributed by atoms with Crippen molar-refractivity contribution >= 4 is 11.8 Å². The Morgan fingerprint density at radius 1 is 1.26 bits per heavy atom. The lowest BCUT2D eigenvalue weighted by Gasteiger charge is -2.25. The molecule has 1 aromatic rings. The molecule has 0 radical (unpaired) electrons. The highest BCUT2D eigenvalue weighted by Gasteiger charge is 2.28. The predicted octanol–water partition coefficient (Wildman–Crippen LogP) is 4.51. The maximum absolute atomic E-state index is 3.78. The van der Waals surface area contributed by atoms with Gasteiger partial charge in [0.05, 0.1) is 0 Å². The molecule has 0 spiro atoms. The number of thioether (sulfide) groups is 1. The molecule has 2 atom stereocenters. The van der Waals surface area contributed by atoms with Gasteiger partial charge in [0.2, 0.25) is 0 Å². The van der Waals surface area contributed by atoms with Gasteiger partial charge in [-0.1, -0.05) is 39.0 Å². The molecule has 0 amide bonds. The van der Waals surface area contributed by atoms with Crippen LogP contribution in [0.3, 0.4) is 0 Å². The first kappa shape index (κ1) is 14.9. The molecular weight excluding hydrogens is 250 g/mol. The first-order chi connectivity index (χ1) is 9.20. The summed E-state index contributed by atoms with van der Waals surface area (Å²) in [5.41, 5.74) is 1.55. The minimum absolute atomic E-state index is 0.666. The summed E-state index contributed by atoms with van der Waals surface area (Å²) in [5.74, 6) is 0.805. The molecule has 2 heteroatoms. The van der Waals surface area contributed by atoms with Crippen LogP contribution in [0.15, 0.2) is 29.2 Å². The Bertz CT molecular complexity index is 364. The normalized spacial score (nSPS) is 19.7. The van der Waals surface area contributed by atoms with Crippen molar-refractivity contribution in [3.05, 3.63) is 29.8 Å². The van der Waals surface area contributed by atoms with Gasteiger partial charge in [-0.2, -0.15) is 0 Å². The van der Waals surface area contributed by atoms with Gasteiger partial charge >= 0.3 is 0 Å². The lowest BCUT2D eigenvalue weighted by Crippen LogP contribution is -2.38. The minimum atomic E-state index is 0.666. The average Bonchev–Trinajstić information content (AvgIpc) is 2.82. The van der Waals surface area contributed by atoms with Crippen LogP contribution >= 0.6 is 11.8 Å². The molecule has 0 bridgehead atoms. The van der Waals surface area contributed by atoms with Gasteiger partial charge in [0.25, 0.3) is 0 Å². The van der Waals surface area contributed by atoms with E-state index in [1.807, 2.05) is 0 Å². The van der Waals surface area contributed by atoms with E-state index in [9.17, 15) is 0 Å². The van der Waals surface area contributed by atoms with E-state index in [1.165, 1.54) is 30.6 Å². The van der Waals surface area contributed by atoms with Gasteiger partial charge in [0, 0.05) is 16.2 Å². The molecule has 2 rings (SSSR count). The summed E-state index contributed by atoms with van der Waals surface area (Å²) < 4.78 is 0. The van der Waals surface area contributed by atoms with Gasteiger partial charge in [-0.25, -0.2) is 0 Å². The first-order valence-corrected chi connectivity index (χ1v) is 8.56. The molecule has 19 heavy (non-hydrogen) atoms. The summed E-state index contributed by atoms with van der Waals surface area (Å²) >= 11 is 2.08. The van der Waals surface area contributed by atoms with Crippen LogP contribution in [0.1, 0.15) is 45.6 Å². The molecule has 0 fully saturated rings. The van der Waals surface area contributed by atoms with Crippen LogP contribution in [0, 0.1) is 5.92 Å². The molecule has 2 unspecified atom stereocenters. The summed E-state index contributed by atoms with van der Waals surface area (Å²) in [5, 5.41) is 4.51. The molecule has 0 saturated heterocycles. The van der Waals surface area contributed by atoms with Crippen molar-refractivity contribution < 1.29 is 0 Å². The molecule has 1 aliphatic heterocycles. The van der Waals surface area contributed by atoms with Crippen molar-refractivity contribution in [2.24, 2.45) is 5.92 Å². The van der Waals surface area contributed by atoms with Gasteiger partial charge in [-0.15, -0.1) is 11.8 Å². The van der Waals surface area contributed by atoms with E-state index in [1.54, 1.807) is 5.56 Å². The Balaban J connectivity index is 1.96. The van der Waals surface area contributed by atoms with Crippen LogP contribution in [0.4, 0.5) is 0 Å². The fourth-order valence-corrected chi connectivity index (χ4v) is 4.14. The summed E-state index contributed by atoms with van der Waals surface area (Å²) in [6.07, 6.45) is 5.10. The highest BCUT2D eigenvalue weighted by atomic mass is 32.2. The third-order valence-electron chi connectivity index (χ3n) is 3.83. The minimum Gasteiger partial charge on any atom is -0.313 e. The van der Waals surface area contributed by atoms with E-state index >= 15 is 0 Å². The van der Waals surface area contributed by atoms with E-state index in [0.717, 1.165) is 17.7 Å². The van der Waals surface area contributed by atoms with Gasteiger partial charge in [-0.05, 0) is 49.8 Å². The molecule has 0 aliphatic carbocycles. The second-order valence-corrected chi connectivity index (χ2v) is 7.28. The van der Waals surface area contributed by atoms with Gasteiger partial charge < -0.3 is 5.32 Å². The molecule has 1 heterocycles. The van der Waals surface area contributed by atoms with Crippen LogP contribution in [0.2, 0.25) is 0 Å². The summed E-state index contributed by atoms with van der Waals surface area (Å²) in [6.45, 7) is 8.06.